The number of benzene rings is 1. The van der Waals surface area contributed by atoms with Crippen LogP contribution in [0, 0.1) is 5.82 Å². The third-order valence-corrected chi connectivity index (χ3v) is 3.43. The van der Waals surface area contributed by atoms with Crippen LogP contribution in [0.25, 0.3) is 11.5 Å². The van der Waals surface area contributed by atoms with E-state index in [-0.39, 0.29) is 5.82 Å². The lowest BCUT2D eigenvalue weighted by Crippen LogP contribution is -1.80. The number of hydrogen-bond acceptors (Lipinski definition) is 7. The minimum absolute atomic E-state index is 0.309. The highest BCUT2D eigenvalue weighted by atomic mass is 32.2. The maximum atomic E-state index is 12.9. The molecule has 0 bridgehead atoms. The smallest absolute Gasteiger partial charge is 0.277 e. The SMILES string of the molecule is CCc1nnc(CSc2nnc(-c3ccc(F)cc3)o2)o1. The van der Waals surface area contributed by atoms with Crippen molar-refractivity contribution in [2.75, 3.05) is 0 Å². The fourth-order valence-corrected chi connectivity index (χ4v) is 2.19. The van der Waals surface area contributed by atoms with Crippen LogP contribution in [0.2, 0.25) is 0 Å². The van der Waals surface area contributed by atoms with Gasteiger partial charge in [-0.1, -0.05) is 18.7 Å². The molecule has 3 aromatic rings. The van der Waals surface area contributed by atoms with E-state index in [0.29, 0.717) is 40.6 Å². The van der Waals surface area contributed by atoms with Gasteiger partial charge in [0.1, 0.15) is 5.82 Å². The predicted octanol–water partition coefficient (Wildman–Crippen LogP) is 3.11. The van der Waals surface area contributed by atoms with Crippen molar-refractivity contribution >= 4 is 11.8 Å². The van der Waals surface area contributed by atoms with Gasteiger partial charge in [0.2, 0.25) is 17.7 Å². The maximum absolute atomic E-state index is 12.9. The number of aromatic nitrogens is 4. The van der Waals surface area contributed by atoms with Gasteiger partial charge in [0, 0.05) is 12.0 Å². The fourth-order valence-electron chi connectivity index (χ4n) is 1.59. The first-order valence-corrected chi connectivity index (χ1v) is 7.26. The molecule has 0 unspecified atom stereocenters. The van der Waals surface area contributed by atoms with E-state index in [9.17, 15) is 4.39 Å². The van der Waals surface area contributed by atoms with E-state index in [1.54, 1.807) is 12.1 Å². The second-order valence-electron chi connectivity index (χ2n) is 4.11. The lowest BCUT2D eigenvalue weighted by Gasteiger charge is -1.93. The Morgan fingerprint density at radius 3 is 2.48 bits per heavy atom. The molecular formula is C13H11FN4O2S. The molecule has 0 N–H and O–H groups in total. The third-order valence-electron chi connectivity index (χ3n) is 2.63. The highest BCUT2D eigenvalue weighted by Crippen LogP contribution is 2.25. The summed E-state index contributed by atoms with van der Waals surface area (Å²) in [5.74, 6) is 1.60. The molecule has 0 aliphatic carbocycles. The minimum Gasteiger partial charge on any atom is -0.424 e. The average molecular weight is 306 g/mol. The molecular weight excluding hydrogens is 295 g/mol. The van der Waals surface area contributed by atoms with Gasteiger partial charge >= 0.3 is 0 Å². The van der Waals surface area contributed by atoms with Gasteiger partial charge in [-0.25, -0.2) is 4.39 Å². The topological polar surface area (TPSA) is 77.8 Å². The standard InChI is InChI=1S/C13H11FN4O2S/c1-2-10-15-16-11(19-10)7-21-13-18-17-12(20-13)8-3-5-9(14)6-4-8/h3-6H,2,7H2,1H3. The molecule has 0 aliphatic rings. The zero-order chi connectivity index (χ0) is 14.7. The number of thioether (sulfide) groups is 1. The van der Waals surface area contributed by atoms with E-state index in [0.717, 1.165) is 0 Å². The minimum atomic E-state index is -0.309. The molecule has 0 aliphatic heterocycles. The van der Waals surface area contributed by atoms with Crippen LogP contribution in [0.15, 0.2) is 38.3 Å². The zero-order valence-electron chi connectivity index (χ0n) is 11.1. The van der Waals surface area contributed by atoms with Gasteiger partial charge < -0.3 is 8.83 Å². The zero-order valence-corrected chi connectivity index (χ0v) is 11.9. The monoisotopic (exact) mass is 306 g/mol. The molecule has 21 heavy (non-hydrogen) atoms. The van der Waals surface area contributed by atoms with Crippen LogP contribution in [-0.4, -0.2) is 20.4 Å². The Labute approximate surface area is 123 Å². The summed E-state index contributed by atoms with van der Waals surface area (Å²) >= 11 is 1.31. The first kappa shape index (κ1) is 13.7. The van der Waals surface area contributed by atoms with E-state index >= 15 is 0 Å². The summed E-state index contributed by atoms with van der Waals surface area (Å²) in [7, 11) is 0. The molecule has 1 aromatic carbocycles. The van der Waals surface area contributed by atoms with Gasteiger partial charge in [-0.2, -0.15) is 0 Å². The van der Waals surface area contributed by atoms with Gasteiger partial charge in [-0.3, -0.25) is 0 Å². The molecule has 0 saturated carbocycles. The highest BCUT2D eigenvalue weighted by Gasteiger charge is 2.11. The van der Waals surface area contributed by atoms with Crippen molar-refractivity contribution in [3.63, 3.8) is 0 Å². The number of nitrogens with zero attached hydrogens (tertiary/aromatic N) is 4. The predicted molar refractivity (Wildman–Crippen MR) is 72.9 cm³/mol. The number of hydrogen-bond donors (Lipinski definition) is 0. The van der Waals surface area contributed by atoms with E-state index < -0.39 is 0 Å². The van der Waals surface area contributed by atoms with Crippen molar-refractivity contribution in [1.29, 1.82) is 0 Å². The molecule has 0 radical (unpaired) electrons. The molecule has 0 atom stereocenters. The summed E-state index contributed by atoms with van der Waals surface area (Å²) in [6.07, 6.45) is 0.701. The third kappa shape index (κ3) is 3.27. The van der Waals surface area contributed by atoms with Crippen molar-refractivity contribution in [2.24, 2.45) is 0 Å². The normalized spacial score (nSPS) is 11.0. The van der Waals surface area contributed by atoms with E-state index in [2.05, 4.69) is 20.4 Å². The molecule has 6 nitrogen and oxygen atoms in total. The average Bonchev–Trinajstić information content (AvgIpc) is 3.15. The number of aryl methyl sites for hydroxylation is 1. The van der Waals surface area contributed by atoms with Crippen molar-refractivity contribution in [2.45, 2.75) is 24.3 Å². The Morgan fingerprint density at radius 2 is 1.76 bits per heavy atom. The van der Waals surface area contributed by atoms with Crippen LogP contribution in [-0.2, 0) is 12.2 Å². The van der Waals surface area contributed by atoms with Gasteiger partial charge in [-0.15, -0.1) is 20.4 Å². The van der Waals surface area contributed by atoms with Gasteiger partial charge in [0.15, 0.2) is 0 Å². The molecule has 3 rings (SSSR count). The van der Waals surface area contributed by atoms with Gasteiger partial charge in [0.05, 0.1) is 5.75 Å². The number of rotatable bonds is 5. The Hall–Kier alpha value is -2.22. The first-order valence-electron chi connectivity index (χ1n) is 6.28. The van der Waals surface area contributed by atoms with Gasteiger partial charge in [-0.05, 0) is 24.3 Å². The largest absolute Gasteiger partial charge is 0.424 e. The van der Waals surface area contributed by atoms with Crippen molar-refractivity contribution in [3.05, 3.63) is 41.9 Å². The second kappa shape index (κ2) is 6.04. The summed E-state index contributed by atoms with van der Waals surface area (Å²) < 4.78 is 23.7. The maximum Gasteiger partial charge on any atom is 0.277 e. The first-order chi connectivity index (χ1) is 10.2. The Morgan fingerprint density at radius 1 is 1.00 bits per heavy atom. The summed E-state index contributed by atoms with van der Waals surface area (Å²) in [6, 6.07) is 5.86. The molecule has 0 fully saturated rings. The van der Waals surface area contributed by atoms with Crippen LogP contribution >= 0.6 is 11.8 Å². The quantitative estimate of drug-likeness (QED) is 0.670. The van der Waals surface area contributed by atoms with Gasteiger partial charge in [0.25, 0.3) is 5.22 Å². The van der Waals surface area contributed by atoms with E-state index in [4.69, 9.17) is 8.83 Å². The van der Waals surface area contributed by atoms with Crippen LogP contribution < -0.4 is 0 Å². The molecule has 2 heterocycles. The molecule has 0 saturated heterocycles. The lowest BCUT2D eigenvalue weighted by molar-refractivity contribution is 0.458. The van der Waals surface area contributed by atoms with E-state index in [1.807, 2.05) is 6.92 Å². The van der Waals surface area contributed by atoms with Crippen LogP contribution in [0.4, 0.5) is 4.39 Å². The Kier molecular flexibility index (Phi) is 3.96. The summed E-state index contributed by atoms with van der Waals surface area (Å²) in [5, 5.41) is 16.0. The van der Waals surface area contributed by atoms with Crippen LogP contribution in [0.3, 0.4) is 0 Å². The Bertz CT molecular complexity index is 726. The van der Waals surface area contributed by atoms with Crippen LogP contribution in [0.1, 0.15) is 18.7 Å². The van der Waals surface area contributed by atoms with Crippen molar-refractivity contribution in [3.8, 4) is 11.5 Å². The lowest BCUT2D eigenvalue weighted by atomic mass is 10.2. The second-order valence-corrected chi connectivity index (χ2v) is 5.04. The molecule has 0 amide bonds. The van der Waals surface area contributed by atoms with Crippen molar-refractivity contribution < 1.29 is 13.2 Å². The molecule has 0 spiro atoms. The highest BCUT2D eigenvalue weighted by molar-refractivity contribution is 7.98. The fraction of sp³-hybridized carbons (Fsp3) is 0.231. The summed E-state index contributed by atoms with van der Waals surface area (Å²) in [6.45, 7) is 1.94. The van der Waals surface area contributed by atoms with Crippen molar-refractivity contribution in [1.82, 2.24) is 20.4 Å². The molecule has 2 aromatic heterocycles. The summed E-state index contributed by atoms with van der Waals surface area (Å²) in [4.78, 5) is 0. The van der Waals surface area contributed by atoms with Crippen LogP contribution in [0.5, 0.6) is 0 Å². The summed E-state index contributed by atoms with van der Waals surface area (Å²) in [5.41, 5.74) is 0.668. The van der Waals surface area contributed by atoms with E-state index in [1.165, 1.54) is 23.9 Å². The Balaban J connectivity index is 1.66. The molecule has 108 valence electrons. The number of halogens is 1. The molecule has 8 heteroatoms.